The first-order valence-corrected chi connectivity index (χ1v) is 6.50. The van der Waals surface area contributed by atoms with Crippen LogP contribution in [0.15, 0.2) is 51.9 Å². The van der Waals surface area contributed by atoms with E-state index in [4.69, 9.17) is 4.42 Å². The highest BCUT2D eigenvalue weighted by molar-refractivity contribution is 6.04. The van der Waals surface area contributed by atoms with Gasteiger partial charge in [0.05, 0.1) is 17.3 Å². The summed E-state index contributed by atoms with van der Waals surface area (Å²) in [6.45, 7) is 1.81. The molecule has 0 bridgehead atoms. The second-order valence-corrected chi connectivity index (χ2v) is 4.77. The minimum Gasteiger partial charge on any atom is -0.417 e. The van der Waals surface area contributed by atoms with Gasteiger partial charge in [-0.25, -0.2) is 9.18 Å². The van der Waals surface area contributed by atoms with Crippen LogP contribution in [0.4, 0.5) is 10.1 Å². The van der Waals surface area contributed by atoms with Crippen LogP contribution < -0.4 is 10.9 Å². The van der Waals surface area contributed by atoms with Crippen molar-refractivity contribution in [1.82, 2.24) is 4.98 Å². The minimum atomic E-state index is -0.689. The highest BCUT2D eigenvalue weighted by Crippen LogP contribution is 2.16. The number of fused-ring (bicyclic) bond motifs is 1. The van der Waals surface area contributed by atoms with Crippen molar-refractivity contribution in [1.29, 1.82) is 0 Å². The van der Waals surface area contributed by atoms with Crippen molar-refractivity contribution in [3.05, 3.63) is 70.3 Å². The molecule has 1 aromatic carbocycles. The first-order chi connectivity index (χ1) is 10.5. The Kier molecular flexibility index (Phi) is 3.42. The molecular formula is C16H11FN2O3. The molecule has 0 unspecified atom stereocenters. The number of pyridine rings is 1. The van der Waals surface area contributed by atoms with E-state index in [-0.39, 0.29) is 11.1 Å². The van der Waals surface area contributed by atoms with Crippen LogP contribution in [0.5, 0.6) is 0 Å². The van der Waals surface area contributed by atoms with E-state index in [0.717, 1.165) is 11.6 Å². The predicted octanol–water partition coefficient (Wildman–Crippen LogP) is 2.89. The van der Waals surface area contributed by atoms with Crippen LogP contribution in [0.2, 0.25) is 0 Å². The quantitative estimate of drug-likeness (QED) is 0.789. The van der Waals surface area contributed by atoms with Gasteiger partial charge < -0.3 is 9.73 Å². The van der Waals surface area contributed by atoms with E-state index in [1.54, 1.807) is 12.3 Å². The predicted molar refractivity (Wildman–Crippen MR) is 79.4 cm³/mol. The van der Waals surface area contributed by atoms with Gasteiger partial charge >= 0.3 is 5.63 Å². The molecule has 0 fully saturated rings. The van der Waals surface area contributed by atoms with E-state index in [1.807, 2.05) is 6.92 Å². The lowest BCUT2D eigenvalue weighted by Gasteiger charge is -2.07. The Hall–Kier alpha value is -3.02. The Morgan fingerprint density at radius 3 is 2.86 bits per heavy atom. The van der Waals surface area contributed by atoms with E-state index >= 15 is 0 Å². The van der Waals surface area contributed by atoms with Crippen molar-refractivity contribution in [3.8, 4) is 0 Å². The second kappa shape index (κ2) is 5.40. The largest absolute Gasteiger partial charge is 0.417 e. The molecule has 1 N–H and O–H groups in total. The molecular weight excluding hydrogens is 287 g/mol. The Labute approximate surface area is 124 Å². The maximum atomic E-state index is 13.3. The van der Waals surface area contributed by atoms with E-state index in [1.165, 1.54) is 24.4 Å². The zero-order valence-electron chi connectivity index (χ0n) is 11.6. The molecule has 0 saturated carbocycles. The zero-order valence-corrected chi connectivity index (χ0v) is 11.6. The molecule has 2 aromatic heterocycles. The third-order valence-corrected chi connectivity index (χ3v) is 3.23. The van der Waals surface area contributed by atoms with Crippen molar-refractivity contribution in [2.75, 3.05) is 5.32 Å². The molecule has 2 heterocycles. The molecule has 0 aliphatic heterocycles. The fourth-order valence-electron chi connectivity index (χ4n) is 2.06. The lowest BCUT2D eigenvalue weighted by Crippen LogP contribution is -2.15. The van der Waals surface area contributed by atoms with Gasteiger partial charge in [0.15, 0.2) is 5.76 Å². The number of carbonyl (C=O) groups is 1. The SMILES string of the molecule is Cc1ccncc1NC(=O)c1cc2cc(F)ccc2c(=O)o1. The Morgan fingerprint density at radius 1 is 1.27 bits per heavy atom. The van der Waals surface area contributed by atoms with Gasteiger partial charge in [0.2, 0.25) is 0 Å². The minimum absolute atomic E-state index is 0.189. The molecule has 0 spiro atoms. The van der Waals surface area contributed by atoms with Gasteiger partial charge in [0.1, 0.15) is 5.82 Å². The Morgan fingerprint density at radius 2 is 2.09 bits per heavy atom. The molecule has 6 heteroatoms. The smallest absolute Gasteiger partial charge is 0.344 e. The highest BCUT2D eigenvalue weighted by Gasteiger charge is 2.13. The summed E-state index contributed by atoms with van der Waals surface area (Å²) in [6, 6.07) is 6.74. The van der Waals surface area contributed by atoms with Gasteiger partial charge in [-0.2, -0.15) is 0 Å². The number of anilines is 1. The fourth-order valence-corrected chi connectivity index (χ4v) is 2.06. The van der Waals surface area contributed by atoms with Crippen molar-refractivity contribution in [2.45, 2.75) is 6.92 Å². The van der Waals surface area contributed by atoms with E-state index in [0.29, 0.717) is 11.1 Å². The zero-order chi connectivity index (χ0) is 15.7. The van der Waals surface area contributed by atoms with Gasteiger partial charge in [-0.3, -0.25) is 9.78 Å². The lowest BCUT2D eigenvalue weighted by atomic mass is 10.1. The van der Waals surface area contributed by atoms with Crippen molar-refractivity contribution in [3.63, 3.8) is 0 Å². The maximum Gasteiger partial charge on any atom is 0.344 e. The topological polar surface area (TPSA) is 72.2 Å². The molecule has 22 heavy (non-hydrogen) atoms. The second-order valence-electron chi connectivity index (χ2n) is 4.77. The summed E-state index contributed by atoms with van der Waals surface area (Å²) in [5.74, 6) is -1.28. The van der Waals surface area contributed by atoms with Crippen LogP contribution in [-0.4, -0.2) is 10.9 Å². The molecule has 5 nitrogen and oxygen atoms in total. The lowest BCUT2D eigenvalue weighted by molar-refractivity contribution is 0.0993. The molecule has 0 aliphatic carbocycles. The number of aryl methyl sites for hydroxylation is 1. The number of aromatic nitrogens is 1. The first kappa shape index (κ1) is 13.9. The van der Waals surface area contributed by atoms with Crippen LogP contribution >= 0.6 is 0 Å². The molecule has 3 aromatic rings. The van der Waals surface area contributed by atoms with Crippen LogP contribution in [-0.2, 0) is 0 Å². The van der Waals surface area contributed by atoms with Gasteiger partial charge in [-0.15, -0.1) is 0 Å². The number of halogens is 1. The number of amides is 1. The average Bonchev–Trinajstić information content (AvgIpc) is 2.49. The molecule has 0 aliphatic rings. The van der Waals surface area contributed by atoms with E-state index in [2.05, 4.69) is 10.3 Å². The summed E-state index contributed by atoms with van der Waals surface area (Å²) in [5, 5.41) is 3.13. The Balaban J connectivity index is 2.01. The van der Waals surface area contributed by atoms with Crippen LogP contribution in [0.25, 0.3) is 10.8 Å². The molecule has 0 radical (unpaired) electrons. The monoisotopic (exact) mass is 298 g/mol. The molecule has 3 rings (SSSR count). The molecule has 0 atom stereocenters. The van der Waals surface area contributed by atoms with Crippen molar-refractivity contribution < 1.29 is 13.6 Å². The average molecular weight is 298 g/mol. The summed E-state index contributed by atoms with van der Waals surface area (Å²) in [7, 11) is 0. The maximum absolute atomic E-state index is 13.3. The van der Waals surface area contributed by atoms with Crippen molar-refractivity contribution >= 4 is 22.4 Å². The summed E-state index contributed by atoms with van der Waals surface area (Å²) < 4.78 is 18.3. The molecule has 1 amide bonds. The fraction of sp³-hybridized carbons (Fsp3) is 0.0625. The summed E-state index contributed by atoms with van der Waals surface area (Å²) in [6.07, 6.45) is 3.09. The van der Waals surface area contributed by atoms with Crippen LogP contribution in [0.1, 0.15) is 16.1 Å². The number of hydrogen-bond donors (Lipinski definition) is 1. The van der Waals surface area contributed by atoms with Gasteiger partial charge in [-0.05, 0) is 48.2 Å². The number of nitrogens with zero attached hydrogens (tertiary/aromatic N) is 1. The van der Waals surface area contributed by atoms with Gasteiger partial charge in [0, 0.05) is 6.20 Å². The standard InChI is InChI=1S/C16H11FN2O3/c1-9-4-5-18-8-13(9)19-15(20)14-7-10-6-11(17)2-3-12(10)16(21)22-14/h2-8H,1H3,(H,19,20). The number of carbonyl (C=O) groups excluding carboxylic acids is 1. The summed E-state index contributed by atoms with van der Waals surface area (Å²) >= 11 is 0. The van der Waals surface area contributed by atoms with Crippen LogP contribution in [0.3, 0.4) is 0 Å². The molecule has 0 saturated heterocycles. The van der Waals surface area contributed by atoms with Gasteiger partial charge in [0.25, 0.3) is 5.91 Å². The van der Waals surface area contributed by atoms with E-state index in [9.17, 15) is 14.0 Å². The Bertz CT molecular complexity index is 934. The molecule has 110 valence electrons. The number of nitrogens with one attached hydrogen (secondary N) is 1. The number of rotatable bonds is 2. The normalized spacial score (nSPS) is 10.6. The van der Waals surface area contributed by atoms with Crippen molar-refractivity contribution in [2.24, 2.45) is 0 Å². The van der Waals surface area contributed by atoms with E-state index < -0.39 is 17.3 Å². The highest BCUT2D eigenvalue weighted by atomic mass is 19.1. The number of benzene rings is 1. The van der Waals surface area contributed by atoms with Gasteiger partial charge in [-0.1, -0.05) is 0 Å². The third-order valence-electron chi connectivity index (χ3n) is 3.23. The van der Waals surface area contributed by atoms with Crippen LogP contribution in [0, 0.1) is 12.7 Å². The summed E-state index contributed by atoms with van der Waals surface area (Å²) in [4.78, 5) is 27.9. The third kappa shape index (κ3) is 2.58. The number of hydrogen-bond acceptors (Lipinski definition) is 4. The first-order valence-electron chi connectivity index (χ1n) is 6.50. The summed E-state index contributed by atoms with van der Waals surface area (Å²) in [5.41, 5.74) is 0.637.